The molecule has 3 nitrogen and oxygen atoms in total. The van der Waals surface area contributed by atoms with Crippen LogP contribution in [-0.2, 0) is 4.74 Å². The number of carbonyl (C=O) groups is 1. The number of ether oxygens (including phenoxy) is 1. The topological polar surface area (TPSA) is 39.2 Å². The van der Waals surface area contributed by atoms with Gasteiger partial charge in [0.15, 0.2) is 5.69 Å². The largest absolute Gasteiger partial charge is 0.461 e. The molecular weight excluding hydrogens is 230 g/mol. The Hall–Kier alpha value is -0.810. The molecule has 0 aliphatic carbocycles. The van der Waals surface area contributed by atoms with E-state index in [0.717, 1.165) is 17.2 Å². The number of nitrogens with zero attached hydrogens (tertiary/aromatic N) is 1. The minimum atomic E-state index is -0.359. The first kappa shape index (κ1) is 12.3. The van der Waals surface area contributed by atoms with E-state index < -0.39 is 0 Å². The Bertz CT molecular complexity index is 347. The SMILES string of the molecule is CCOC(=O)c1csc(C=CCCS)n1. The fourth-order valence-corrected chi connectivity index (χ4v) is 1.78. The lowest BCUT2D eigenvalue weighted by Gasteiger charge is -1.95. The molecule has 82 valence electrons. The Morgan fingerprint density at radius 2 is 2.53 bits per heavy atom. The summed E-state index contributed by atoms with van der Waals surface area (Å²) < 4.78 is 4.84. The van der Waals surface area contributed by atoms with E-state index in [-0.39, 0.29) is 5.97 Å². The van der Waals surface area contributed by atoms with Gasteiger partial charge in [0.1, 0.15) is 5.01 Å². The first-order valence-corrected chi connectivity index (χ1v) is 6.19. The molecule has 0 spiro atoms. The first-order chi connectivity index (χ1) is 7.27. The number of aromatic nitrogens is 1. The third kappa shape index (κ3) is 4.05. The van der Waals surface area contributed by atoms with Gasteiger partial charge >= 0.3 is 5.97 Å². The minimum absolute atomic E-state index is 0.359. The summed E-state index contributed by atoms with van der Waals surface area (Å²) in [5, 5.41) is 2.53. The molecule has 0 N–H and O–H groups in total. The number of thiazole rings is 1. The molecule has 1 aromatic rings. The van der Waals surface area contributed by atoms with Crippen LogP contribution in [0.15, 0.2) is 11.5 Å². The van der Waals surface area contributed by atoms with Crippen molar-refractivity contribution in [1.29, 1.82) is 0 Å². The lowest BCUT2D eigenvalue weighted by Crippen LogP contribution is -2.04. The predicted octanol–water partition coefficient (Wildman–Crippen LogP) is 2.65. The highest BCUT2D eigenvalue weighted by Gasteiger charge is 2.09. The van der Waals surface area contributed by atoms with Gasteiger partial charge in [-0.3, -0.25) is 0 Å². The molecule has 0 aromatic carbocycles. The van der Waals surface area contributed by atoms with Crippen molar-refractivity contribution in [2.75, 3.05) is 12.4 Å². The highest BCUT2D eigenvalue weighted by atomic mass is 32.1. The van der Waals surface area contributed by atoms with Crippen molar-refractivity contribution in [2.24, 2.45) is 0 Å². The molecule has 0 radical (unpaired) electrons. The zero-order valence-corrected chi connectivity index (χ0v) is 10.2. The number of carbonyl (C=O) groups excluding carboxylic acids is 1. The van der Waals surface area contributed by atoms with Crippen molar-refractivity contribution in [3.8, 4) is 0 Å². The summed E-state index contributed by atoms with van der Waals surface area (Å²) in [4.78, 5) is 15.4. The predicted molar refractivity (Wildman–Crippen MR) is 65.6 cm³/mol. The van der Waals surface area contributed by atoms with Crippen molar-refractivity contribution in [3.63, 3.8) is 0 Å². The summed E-state index contributed by atoms with van der Waals surface area (Å²) in [6.45, 7) is 2.15. The highest BCUT2D eigenvalue weighted by molar-refractivity contribution is 7.80. The van der Waals surface area contributed by atoms with Crippen molar-refractivity contribution in [3.05, 3.63) is 22.2 Å². The van der Waals surface area contributed by atoms with E-state index in [1.54, 1.807) is 12.3 Å². The Morgan fingerprint density at radius 3 is 3.20 bits per heavy atom. The van der Waals surface area contributed by atoms with Gasteiger partial charge in [0.05, 0.1) is 6.61 Å². The molecule has 0 unspecified atom stereocenters. The van der Waals surface area contributed by atoms with Gasteiger partial charge in [-0.1, -0.05) is 6.08 Å². The van der Waals surface area contributed by atoms with Crippen molar-refractivity contribution in [2.45, 2.75) is 13.3 Å². The molecule has 0 aliphatic rings. The Balaban J connectivity index is 2.59. The zero-order valence-electron chi connectivity index (χ0n) is 8.47. The van der Waals surface area contributed by atoms with Crippen LogP contribution in [0.2, 0.25) is 0 Å². The number of thiol groups is 1. The molecule has 0 atom stereocenters. The molecule has 0 amide bonds. The highest BCUT2D eigenvalue weighted by Crippen LogP contribution is 2.12. The quantitative estimate of drug-likeness (QED) is 0.638. The number of rotatable bonds is 5. The van der Waals surface area contributed by atoms with Gasteiger partial charge in [-0.05, 0) is 25.2 Å². The standard InChI is InChI=1S/C10H13NO2S2/c1-2-13-10(12)8-7-15-9(11-8)5-3-4-6-14/h3,5,7,14H,2,4,6H2,1H3. The van der Waals surface area contributed by atoms with Gasteiger partial charge in [-0.25, -0.2) is 9.78 Å². The number of hydrogen-bond donors (Lipinski definition) is 1. The third-order valence-electron chi connectivity index (χ3n) is 1.56. The summed E-state index contributed by atoms with van der Waals surface area (Å²) in [5.74, 6) is 0.453. The van der Waals surface area contributed by atoms with E-state index >= 15 is 0 Å². The van der Waals surface area contributed by atoms with Gasteiger partial charge in [0.2, 0.25) is 0 Å². The molecular formula is C10H13NO2S2. The fourth-order valence-electron chi connectivity index (χ4n) is 0.922. The molecule has 1 heterocycles. The van der Waals surface area contributed by atoms with Crippen LogP contribution in [0.3, 0.4) is 0 Å². The van der Waals surface area contributed by atoms with Crippen molar-refractivity contribution >= 4 is 36.0 Å². The van der Waals surface area contributed by atoms with Crippen LogP contribution < -0.4 is 0 Å². The summed E-state index contributed by atoms with van der Waals surface area (Å²) in [6, 6.07) is 0. The van der Waals surface area contributed by atoms with E-state index in [2.05, 4.69) is 17.6 Å². The number of esters is 1. The smallest absolute Gasteiger partial charge is 0.357 e. The molecule has 1 rings (SSSR count). The van der Waals surface area contributed by atoms with Crippen LogP contribution in [-0.4, -0.2) is 23.3 Å². The van der Waals surface area contributed by atoms with Gasteiger partial charge in [0, 0.05) is 5.38 Å². The maximum absolute atomic E-state index is 11.3. The summed E-state index contributed by atoms with van der Waals surface area (Å²) in [6.07, 6.45) is 4.78. The Labute approximate surface area is 98.6 Å². The first-order valence-electron chi connectivity index (χ1n) is 4.68. The van der Waals surface area contributed by atoms with E-state index in [1.165, 1.54) is 11.3 Å². The number of hydrogen-bond acceptors (Lipinski definition) is 5. The third-order valence-corrected chi connectivity index (χ3v) is 2.63. The fraction of sp³-hybridized carbons (Fsp3) is 0.400. The second-order valence-corrected chi connectivity index (χ2v) is 4.04. The normalized spacial score (nSPS) is 10.8. The van der Waals surface area contributed by atoms with Gasteiger partial charge in [-0.2, -0.15) is 12.6 Å². The van der Waals surface area contributed by atoms with E-state index in [0.29, 0.717) is 12.3 Å². The maximum atomic E-state index is 11.3. The van der Waals surface area contributed by atoms with Crippen LogP contribution in [0, 0.1) is 0 Å². The molecule has 5 heteroatoms. The van der Waals surface area contributed by atoms with Crippen LogP contribution in [0.4, 0.5) is 0 Å². The van der Waals surface area contributed by atoms with E-state index in [4.69, 9.17) is 4.74 Å². The Morgan fingerprint density at radius 1 is 1.73 bits per heavy atom. The molecule has 1 aromatic heterocycles. The van der Waals surface area contributed by atoms with Gasteiger partial charge in [-0.15, -0.1) is 11.3 Å². The minimum Gasteiger partial charge on any atom is -0.461 e. The summed E-state index contributed by atoms with van der Waals surface area (Å²) in [7, 11) is 0. The maximum Gasteiger partial charge on any atom is 0.357 e. The van der Waals surface area contributed by atoms with E-state index in [9.17, 15) is 4.79 Å². The zero-order chi connectivity index (χ0) is 11.1. The van der Waals surface area contributed by atoms with Crippen LogP contribution in [0.25, 0.3) is 6.08 Å². The van der Waals surface area contributed by atoms with Crippen LogP contribution in [0.5, 0.6) is 0 Å². The number of allylic oxidation sites excluding steroid dienone is 1. The average Bonchev–Trinajstić information content (AvgIpc) is 2.67. The molecule has 0 fully saturated rings. The summed E-state index contributed by atoms with van der Waals surface area (Å²) >= 11 is 5.52. The Kier molecular flexibility index (Phi) is 5.42. The van der Waals surface area contributed by atoms with Gasteiger partial charge in [0.25, 0.3) is 0 Å². The molecule has 0 saturated carbocycles. The van der Waals surface area contributed by atoms with Gasteiger partial charge < -0.3 is 4.74 Å². The molecule has 0 bridgehead atoms. The average molecular weight is 243 g/mol. The molecule has 0 aliphatic heterocycles. The summed E-state index contributed by atoms with van der Waals surface area (Å²) in [5.41, 5.74) is 0.382. The van der Waals surface area contributed by atoms with Crippen molar-refractivity contribution in [1.82, 2.24) is 4.98 Å². The lowest BCUT2D eigenvalue weighted by atomic mass is 10.4. The van der Waals surface area contributed by atoms with Crippen LogP contribution in [0.1, 0.15) is 28.8 Å². The monoisotopic (exact) mass is 243 g/mol. The van der Waals surface area contributed by atoms with Crippen molar-refractivity contribution < 1.29 is 9.53 Å². The molecule has 15 heavy (non-hydrogen) atoms. The lowest BCUT2D eigenvalue weighted by molar-refractivity contribution is 0.0520. The second-order valence-electron chi connectivity index (χ2n) is 2.71. The van der Waals surface area contributed by atoms with E-state index in [1.807, 2.05) is 12.2 Å². The second kappa shape index (κ2) is 6.63. The van der Waals surface area contributed by atoms with Crippen LogP contribution >= 0.6 is 24.0 Å². The molecule has 0 saturated heterocycles.